The minimum absolute atomic E-state index is 0.246. The quantitative estimate of drug-likeness (QED) is 0.192. The summed E-state index contributed by atoms with van der Waals surface area (Å²) in [5, 5.41) is 7.59. The zero-order valence-corrected chi connectivity index (χ0v) is 27.5. The van der Waals surface area contributed by atoms with Gasteiger partial charge >= 0.3 is 0 Å². The maximum atomic E-state index is 5.96. The van der Waals surface area contributed by atoms with Crippen LogP contribution in [0, 0.1) is 0 Å². The number of nitrogens with zero attached hydrogens (tertiary/aromatic N) is 1. The van der Waals surface area contributed by atoms with E-state index >= 15 is 0 Å². The Labute approximate surface area is 287 Å². The Kier molecular flexibility index (Phi) is 7.02. The molecule has 1 atom stereocenters. The molecule has 0 spiro atoms. The molecule has 0 saturated heterocycles. The van der Waals surface area contributed by atoms with Crippen LogP contribution in [0.5, 0.6) is 0 Å². The second-order valence-electron chi connectivity index (χ2n) is 13.1. The summed E-state index contributed by atoms with van der Waals surface area (Å²) in [4.78, 5) is 2.43. The van der Waals surface area contributed by atoms with Crippen molar-refractivity contribution in [1.29, 1.82) is 0 Å². The van der Waals surface area contributed by atoms with E-state index in [9.17, 15) is 0 Å². The fourth-order valence-electron chi connectivity index (χ4n) is 8.14. The summed E-state index contributed by atoms with van der Waals surface area (Å²) in [6.07, 6.45) is 9.43. The third-order valence-corrected chi connectivity index (χ3v) is 10.4. The number of hydrogen-bond acceptors (Lipinski definition) is 2. The van der Waals surface area contributed by atoms with Crippen molar-refractivity contribution in [3.05, 3.63) is 192 Å². The van der Waals surface area contributed by atoms with Crippen molar-refractivity contribution < 1.29 is 0 Å². The first kappa shape index (κ1) is 29.1. The van der Waals surface area contributed by atoms with Gasteiger partial charge < -0.3 is 10.6 Å². The summed E-state index contributed by atoms with van der Waals surface area (Å²) in [5.74, 6) is 0. The van der Waals surface area contributed by atoms with Crippen LogP contribution in [0.1, 0.15) is 18.9 Å². The van der Waals surface area contributed by atoms with Crippen molar-refractivity contribution in [2.45, 2.75) is 19.4 Å². The van der Waals surface area contributed by atoms with Crippen molar-refractivity contribution >= 4 is 43.6 Å². The lowest BCUT2D eigenvalue weighted by Gasteiger charge is -2.31. The highest BCUT2D eigenvalue weighted by molar-refractivity contribution is 6.21. The van der Waals surface area contributed by atoms with E-state index in [4.69, 9.17) is 5.73 Å². The first-order valence-electron chi connectivity index (χ1n) is 17.1. The van der Waals surface area contributed by atoms with Crippen LogP contribution in [0.25, 0.3) is 60.1 Å². The SMILES string of the molecule is CC1=C(/C=C\N)N(c2ccccc2)C2CC=C(c3cccc(-c4c5ccccc5c(-c5ccc6ccccc6c5)c5ccccc45)c3)C=C12. The van der Waals surface area contributed by atoms with Crippen LogP contribution in [0.2, 0.25) is 0 Å². The third-order valence-electron chi connectivity index (χ3n) is 10.4. The maximum Gasteiger partial charge on any atom is 0.0629 e. The predicted octanol–water partition coefficient (Wildman–Crippen LogP) is 11.8. The number of benzene rings is 7. The molecular weight excluding hydrogens is 593 g/mol. The van der Waals surface area contributed by atoms with Crippen molar-refractivity contribution in [1.82, 2.24) is 0 Å². The van der Waals surface area contributed by atoms with Crippen LogP contribution in [0.3, 0.4) is 0 Å². The van der Waals surface area contributed by atoms with Crippen molar-refractivity contribution in [3.8, 4) is 22.3 Å². The molecule has 1 aliphatic heterocycles. The van der Waals surface area contributed by atoms with Crippen molar-refractivity contribution in [2.75, 3.05) is 4.90 Å². The predicted molar refractivity (Wildman–Crippen MR) is 209 cm³/mol. The van der Waals surface area contributed by atoms with Gasteiger partial charge in [-0.25, -0.2) is 0 Å². The number of anilines is 1. The summed E-state index contributed by atoms with van der Waals surface area (Å²) in [5.41, 5.74) is 18.5. The highest BCUT2D eigenvalue weighted by Crippen LogP contribution is 2.46. The number of hydrogen-bond donors (Lipinski definition) is 1. The minimum atomic E-state index is 0.246. The molecule has 2 nitrogen and oxygen atoms in total. The molecule has 0 radical (unpaired) electrons. The molecule has 2 N–H and O–H groups in total. The molecule has 1 aliphatic carbocycles. The van der Waals surface area contributed by atoms with Gasteiger partial charge in [-0.3, -0.25) is 0 Å². The van der Waals surface area contributed by atoms with E-state index in [0.717, 1.165) is 12.1 Å². The van der Waals surface area contributed by atoms with Crippen LogP contribution in [0.4, 0.5) is 5.69 Å². The molecule has 0 fully saturated rings. The number of allylic oxidation sites excluding steroid dienone is 3. The van der Waals surface area contributed by atoms with Gasteiger partial charge in [-0.1, -0.05) is 127 Å². The second kappa shape index (κ2) is 11.8. The van der Waals surface area contributed by atoms with Gasteiger partial charge in [0, 0.05) is 11.4 Å². The summed E-state index contributed by atoms with van der Waals surface area (Å²) < 4.78 is 0. The molecule has 2 aliphatic rings. The number of fused-ring (bicyclic) bond motifs is 4. The molecule has 7 aromatic rings. The Morgan fingerprint density at radius 1 is 0.592 bits per heavy atom. The maximum absolute atomic E-state index is 5.96. The summed E-state index contributed by atoms with van der Waals surface area (Å²) in [7, 11) is 0. The van der Waals surface area contributed by atoms with Crippen LogP contribution < -0.4 is 10.6 Å². The smallest absolute Gasteiger partial charge is 0.0629 e. The fraction of sp³-hybridized carbons (Fsp3) is 0.0638. The van der Waals surface area contributed by atoms with Gasteiger partial charge in [0.2, 0.25) is 0 Å². The fourth-order valence-corrected chi connectivity index (χ4v) is 8.14. The normalized spacial score (nSPS) is 16.1. The molecule has 234 valence electrons. The Morgan fingerprint density at radius 3 is 1.86 bits per heavy atom. The van der Waals surface area contributed by atoms with Gasteiger partial charge in [-0.2, -0.15) is 0 Å². The number of para-hydroxylation sites is 1. The Bertz CT molecular complexity index is 2490. The average Bonchev–Trinajstić information content (AvgIpc) is 3.44. The van der Waals surface area contributed by atoms with E-state index in [1.54, 1.807) is 6.20 Å². The second-order valence-corrected chi connectivity index (χ2v) is 13.1. The molecule has 0 saturated carbocycles. The highest BCUT2D eigenvalue weighted by Gasteiger charge is 2.35. The largest absolute Gasteiger partial charge is 0.405 e. The van der Waals surface area contributed by atoms with Crippen LogP contribution in [-0.4, -0.2) is 6.04 Å². The van der Waals surface area contributed by atoms with E-state index in [-0.39, 0.29) is 6.04 Å². The lowest BCUT2D eigenvalue weighted by molar-refractivity contribution is 0.767. The molecule has 0 bridgehead atoms. The molecule has 0 aromatic heterocycles. The third kappa shape index (κ3) is 4.79. The van der Waals surface area contributed by atoms with Gasteiger partial charge in [-0.05, 0) is 133 Å². The molecule has 49 heavy (non-hydrogen) atoms. The molecule has 0 amide bonds. The molecule has 7 aromatic carbocycles. The van der Waals surface area contributed by atoms with E-state index in [0.29, 0.717) is 0 Å². The molecule has 1 heterocycles. The molecular formula is C47H36N2. The topological polar surface area (TPSA) is 29.3 Å². The van der Waals surface area contributed by atoms with Crippen LogP contribution >= 0.6 is 0 Å². The summed E-state index contributed by atoms with van der Waals surface area (Å²) in [6.45, 7) is 2.23. The first-order chi connectivity index (χ1) is 24.2. The molecule has 9 rings (SSSR count). The van der Waals surface area contributed by atoms with E-state index in [2.05, 4.69) is 170 Å². The summed E-state index contributed by atoms with van der Waals surface area (Å²) in [6, 6.07) is 53.3. The van der Waals surface area contributed by atoms with Crippen LogP contribution in [-0.2, 0) is 0 Å². The van der Waals surface area contributed by atoms with Gasteiger partial charge in [0.15, 0.2) is 0 Å². The number of rotatable bonds is 5. The Morgan fingerprint density at radius 2 is 1.18 bits per heavy atom. The van der Waals surface area contributed by atoms with Crippen molar-refractivity contribution in [2.24, 2.45) is 5.73 Å². The monoisotopic (exact) mass is 628 g/mol. The minimum Gasteiger partial charge on any atom is -0.405 e. The van der Waals surface area contributed by atoms with E-state index in [1.807, 2.05) is 6.08 Å². The zero-order valence-electron chi connectivity index (χ0n) is 27.5. The van der Waals surface area contributed by atoms with Gasteiger partial charge in [0.1, 0.15) is 0 Å². The lowest BCUT2D eigenvalue weighted by atomic mass is 9.84. The van der Waals surface area contributed by atoms with Gasteiger partial charge in [-0.15, -0.1) is 0 Å². The summed E-state index contributed by atoms with van der Waals surface area (Å²) >= 11 is 0. The van der Waals surface area contributed by atoms with E-state index in [1.165, 1.54) is 82.5 Å². The van der Waals surface area contributed by atoms with E-state index < -0.39 is 0 Å². The molecule has 1 unspecified atom stereocenters. The average molecular weight is 629 g/mol. The van der Waals surface area contributed by atoms with Gasteiger partial charge in [0.25, 0.3) is 0 Å². The Hall–Kier alpha value is -6.12. The number of nitrogens with two attached hydrogens (primary N) is 1. The standard InChI is InChI=1S/C47H36N2/c1-31-43-30-35(24-25-45(43)49(44(31)26-27-48)38-16-3-2-4-17-38)34-14-11-15-36(29-34)46-39-18-7-9-20-41(39)47(42-21-10-8-19-40(42)46)37-23-22-32-12-5-6-13-33(32)28-37/h2-24,26-30,45H,25,48H2,1H3/b27-26-. The lowest BCUT2D eigenvalue weighted by Crippen LogP contribution is -2.31. The zero-order chi connectivity index (χ0) is 32.9. The highest BCUT2D eigenvalue weighted by atomic mass is 15.2. The van der Waals surface area contributed by atoms with Gasteiger partial charge in [0.05, 0.1) is 6.04 Å². The van der Waals surface area contributed by atoms with Crippen molar-refractivity contribution in [3.63, 3.8) is 0 Å². The molecule has 2 heteroatoms. The first-order valence-corrected chi connectivity index (χ1v) is 17.1. The van der Waals surface area contributed by atoms with Crippen LogP contribution in [0.15, 0.2) is 187 Å². The Balaban J connectivity index is 1.18.